The van der Waals surface area contributed by atoms with Gasteiger partial charge in [0.1, 0.15) is 11.9 Å². The Morgan fingerprint density at radius 2 is 2.09 bits per heavy atom. The van der Waals surface area contributed by atoms with Gasteiger partial charge in [0.05, 0.1) is 6.04 Å². The van der Waals surface area contributed by atoms with Crippen LogP contribution < -0.4 is 15.4 Å². The first-order valence-corrected chi connectivity index (χ1v) is 8.15. The predicted molar refractivity (Wildman–Crippen MR) is 88.6 cm³/mol. The van der Waals surface area contributed by atoms with E-state index in [0.717, 1.165) is 29.8 Å². The molecule has 2 aromatic carbocycles. The van der Waals surface area contributed by atoms with Crippen LogP contribution in [0.3, 0.4) is 0 Å². The number of fused-ring (bicyclic) bond motifs is 2. The third-order valence-corrected chi connectivity index (χ3v) is 4.66. The summed E-state index contributed by atoms with van der Waals surface area (Å²) in [6, 6.07) is 14.5. The molecule has 118 valence electrons. The second-order valence-corrected chi connectivity index (χ2v) is 6.10. The van der Waals surface area contributed by atoms with Gasteiger partial charge in [0.15, 0.2) is 0 Å². The minimum Gasteiger partial charge on any atom is -0.488 e. The lowest BCUT2D eigenvalue weighted by Crippen LogP contribution is -2.32. The molecule has 0 unspecified atom stereocenters. The molecular weight excluding hydrogens is 288 g/mol. The lowest BCUT2D eigenvalue weighted by molar-refractivity contribution is 0.0966. The molecule has 2 aliphatic rings. The molecule has 4 heteroatoms. The van der Waals surface area contributed by atoms with Crippen molar-refractivity contribution in [1.29, 1.82) is 0 Å². The van der Waals surface area contributed by atoms with E-state index in [1.165, 1.54) is 11.1 Å². The summed E-state index contributed by atoms with van der Waals surface area (Å²) in [7, 11) is 0. The van der Waals surface area contributed by atoms with Gasteiger partial charge in [-0.3, -0.25) is 4.79 Å². The van der Waals surface area contributed by atoms with Crippen LogP contribution in [0.15, 0.2) is 42.5 Å². The molecule has 4 nitrogen and oxygen atoms in total. The van der Waals surface area contributed by atoms with E-state index < -0.39 is 0 Å². The van der Waals surface area contributed by atoms with Gasteiger partial charge in [0, 0.05) is 18.5 Å². The van der Waals surface area contributed by atoms with Gasteiger partial charge in [0.2, 0.25) is 0 Å². The fourth-order valence-corrected chi connectivity index (χ4v) is 3.59. The number of nitrogens with one attached hydrogen (secondary N) is 2. The standard InChI is InChI=1S/C19H20N2O2/c1-2-20-18-15-6-4-3-5-12(15)10-17(18)23-14-7-8-16-13(9-14)11-21-19(16)22/h3-9,17-18,20H,2,10-11H2,1H3,(H,21,22)/t17-,18-/m0/s1. The van der Waals surface area contributed by atoms with E-state index in [2.05, 4.69) is 41.8 Å². The van der Waals surface area contributed by atoms with Crippen molar-refractivity contribution in [2.75, 3.05) is 6.54 Å². The van der Waals surface area contributed by atoms with E-state index in [9.17, 15) is 4.79 Å². The van der Waals surface area contributed by atoms with E-state index >= 15 is 0 Å². The summed E-state index contributed by atoms with van der Waals surface area (Å²) in [4.78, 5) is 11.6. The Hall–Kier alpha value is -2.33. The Labute approximate surface area is 135 Å². The Morgan fingerprint density at radius 3 is 2.96 bits per heavy atom. The summed E-state index contributed by atoms with van der Waals surface area (Å²) in [5.74, 6) is 0.839. The molecule has 2 atom stereocenters. The van der Waals surface area contributed by atoms with Crippen LogP contribution in [0.1, 0.15) is 40.0 Å². The monoisotopic (exact) mass is 308 g/mol. The minimum atomic E-state index is 0.00495. The maximum atomic E-state index is 11.6. The zero-order valence-electron chi connectivity index (χ0n) is 13.1. The SMILES string of the molecule is CCN[C@H]1c2ccccc2C[C@@H]1Oc1ccc2c(c1)CNC2=O. The number of likely N-dealkylation sites (N-methyl/N-ethyl adjacent to an activating group) is 1. The topological polar surface area (TPSA) is 50.4 Å². The van der Waals surface area contributed by atoms with Crippen molar-refractivity contribution in [3.8, 4) is 5.75 Å². The highest BCUT2D eigenvalue weighted by atomic mass is 16.5. The maximum absolute atomic E-state index is 11.6. The van der Waals surface area contributed by atoms with Crippen molar-refractivity contribution in [3.63, 3.8) is 0 Å². The second-order valence-electron chi connectivity index (χ2n) is 6.10. The van der Waals surface area contributed by atoms with Crippen LogP contribution in [0, 0.1) is 0 Å². The Morgan fingerprint density at radius 1 is 1.22 bits per heavy atom. The van der Waals surface area contributed by atoms with E-state index in [-0.39, 0.29) is 18.1 Å². The molecule has 0 saturated carbocycles. The minimum absolute atomic E-state index is 0.00495. The highest BCUT2D eigenvalue weighted by Gasteiger charge is 2.33. The van der Waals surface area contributed by atoms with Crippen LogP contribution in [0.2, 0.25) is 0 Å². The fraction of sp³-hybridized carbons (Fsp3) is 0.316. The molecular formula is C19H20N2O2. The average molecular weight is 308 g/mol. The molecule has 0 aromatic heterocycles. The molecule has 2 N–H and O–H groups in total. The molecule has 0 radical (unpaired) electrons. The van der Waals surface area contributed by atoms with Crippen LogP contribution in [-0.2, 0) is 13.0 Å². The Balaban J connectivity index is 1.58. The first-order valence-electron chi connectivity index (χ1n) is 8.15. The number of hydrogen-bond donors (Lipinski definition) is 2. The van der Waals surface area contributed by atoms with Gasteiger partial charge in [-0.2, -0.15) is 0 Å². The largest absolute Gasteiger partial charge is 0.488 e. The molecule has 4 rings (SSSR count). The van der Waals surface area contributed by atoms with Gasteiger partial charge in [-0.1, -0.05) is 31.2 Å². The summed E-state index contributed by atoms with van der Waals surface area (Å²) >= 11 is 0. The summed E-state index contributed by atoms with van der Waals surface area (Å²) < 4.78 is 6.28. The van der Waals surface area contributed by atoms with Gasteiger partial charge in [0.25, 0.3) is 5.91 Å². The van der Waals surface area contributed by atoms with Gasteiger partial charge < -0.3 is 15.4 Å². The van der Waals surface area contributed by atoms with Gasteiger partial charge >= 0.3 is 0 Å². The summed E-state index contributed by atoms with van der Waals surface area (Å²) in [6.07, 6.45) is 0.984. The van der Waals surface area contributed by atoms with Crippen LogP contribution >= 0.6 is 0 Å². The molecule has 0 saturated heterocycles. The summed E-state index contributed by atoms with van der Waals surface area (Å²) in [6.45, 7) is 3.61. The number of benzene rings is 2. The maximum Gasteiger partial charge on any atom is 0.251 e. The molecule has 1 amide bonds. The summed E-state index contributed by atoms with van der Waals surface area (Å²) in [5, 5.41) is 6.38. The first-order chi connectivity index (χ1) is 11.3. The number of rotatable bonds is 4. The van der Waals surface area contributed by atoms with E-state index in [0.29, 0.717) is 6.54 Å². The molecule has 0 spiro atoms. The zero-order valence-corrected chi connectivity index (χ0v) is 13.1. The van der Waals surface area contributed by atoms with E-state index in [4.69, 9.17) is 4.74 Å². The highest BCUT2D eigenvalue weighted by molar-refractivity contribution is 5.98. The lowest BCUT2D eigenvalue weighted by atomic mass is 10.1. The van der Waals surface area contributed by atoms with Crippen molar-refractivity contribution in [2.24, 2.45) is 0 Å². The van der Waals surface area contributed by atoms with Crippen LogP contribution in [-0.4, -0.2) is 18.6 Å². The van der Waals surface area contributed by atoms with E-state index in [1.54, 1.807) is 0 Å². The molecule has 0 bridgehead atoms. The van der Waals surface area contributed by atoms with Crippen molar-refractivity contribution in [3.05, 3.63) is 64.7 Å². The lowest BCUT2D eigenvalue weighted by Gasteiger charge is -2.23. The quantitative estimate of drug-likeness (QED) is 0.913. The van der Waals surface area contributed by atoms with Gasteiger partial charge in [-0.25, -0.2) is 0 Å². The van der Waals surface area contributed by atoms with Gasteiger partial charge in [-0.05, 0) is 41.4 Å². The molecule has 1 aliphatic carbocycles. The molecule has 2 aromatic rings. The number of carbonyl (C=O) groups is 1. The molecule has 23 heavy (non-hydrogen) atoms. The number of amides is 1. The smallest absolute Gasteiger partial charge is 0.251 e. The van der Waals surface area contributed by atoms with Crippen molar-refractivity contribution in [1.82, 2.24) is 10.6 Å². The third-order valence-electron chi connectivity index (χ3n) is 4.66. The van der Waals surface area contributed by atoms with Crippen molar-refractivity contribution >= 4 is 5.91 Å². The van der Waals surface area contributed by atoms with Crippen LogP contribution in [0.25, 0.3) is 0 Å². The third kappa shape index (κ3) is 2.49. The predicted octanol–water partition coefficient (Wildman–Crippen LogP) is 2.58. The average Bonchev–Trinajstić information content (AvgIpc) is 3.09. The fourth-order valence-electron chi connectivity index (χ4n) is 3.59. The Kier molecular flexibility index (Phi) is 3.54. The van der Waals surface area contributed by atoms with E-state index in [1.807, 2.05) is 18.2 Å². The van der Waals surface area contributed by atoms with Crippen molar-refractivity contribution < 1.29 is 9.53 Å². The molecule has 0 fully saturated rings. The second kappa shape index (κ2) is 5.70. The van der Waals surface area contributed by atoms with Crippen LogP contribution in [0.4, 0.5) is 0 Å². The summed E-state index contributed by atoms with van der Waals surface area (Å²) in [5.41, 5.74) is 4.46. The Bertz CT molecular complexity index is 757. The number of carbonyl (C=O) groups excluding carboxylic acids is 1. The highest BCUT2D eigenvalue weighted by Crippen LogP contribution is 2.34. The number of hydrogen-bond acceptors (Lipinski definition) is 3. The van der Waals surface area contributed by atoms with Crippen LogP contribution in [0.5, 0.6) is 5.75 Å². The molecule has 1 aliphatic heterocycles. The number of ether oxygens (including phenoxy) is 1. The van der Waals surface area contributed by atoms with Gasteiger partial charge in [-0.15, -0.1) is 0 Å². The molecule has 1 heterocycles. The zero-order chi connectivity index (χ0) is 15.8. The van der Waals surface area contributed by atoms with Crippen molar-refractivity contribution in [2.45, 2.75) is 32.0 Å². The first kappa shape index (κ1) is 14.3. The normalized spacial score (nSPS) is 21.7.